The molecule has 0 saturated carbocycles. The molecule has 2 heterocycles. The third kappa shape index (κ3) is 3.55. The second-order valence-corrected chi connectivity index (χ2v) is 6.49. The Morgan fingerprint density at radius 2 is 1.78 bits per heavy atom. The Kier molecular flexibility index (Phi) is 4.60. The lowest BCUT2D eigenvalue weighted by Gasteiger charge is -2.04. The van der Waals surface area contributed by atoms with Gasteiger partial charge in [-0.3, -0.25) is 9.20 Å². The molecule has 0 saturated heterocycles. The standard InChI is InChI=1S/C21H15ClFN3O/c22-16-8-6-15(7-9-16)19-18-3-1-2-12-26(18)20(25-19)21(27)24-13-14-4-10-17(23)11-5-14/h1-12H,13H2,(H,24,27). The fourth-order valence-corrected chi connectivity index (χ4v) is 3.01. The molecular formula is C21H15ClFN3O. The molecule has 4 nitrogen and oxygen atoms in total. The lowest BCUT2D eigenvalue weighted by atomic mass is 10.1. The number of benzene rings is 2. The van der Waals surface area contributed by atoms with Gasteiger partial charge in [0, 0.05) is 23.3 Å². The molecule has 27 heavy (non-hydrogen) atoms. The summed E-state index contributed by atoms with van der Waals surface area (Å²) in [5, 5.41) is 3.47. The number of nitrogens with one attached hydrogen (secondary N) is 1. The van der Waals surface area contributed by atoms with Crippen LogP contribution in [-0.4, -0.2) is 15.3 Å². The van der Waals surface area contributed by atoms with Gasteiger partial charge in [0.25, 0.3) is 5.91 Å². The van der Waals surface area contributed by atoms with Crippen molar-refractivity contribution in [1.29, 1.82) is 0 Å². The number of carbonyl (C=O) groups is 1. The third-order valence-corrected chi connectivity index (χ3v) is 4.49. The van der Waals surface area contributed by atoms with Crippen LogP contribution in [0.25, 0.3) is 16.8 Å². The zero-order chi connectivity index (χ0) is 18.8. The molecule has 0 aliphatic rings. The third-order valence-electron chi connectivity index (χ3n) is 4.24. The first-order valence-electron chi connectivity index (χ1n) is 8.37. The highest BCUT2D eigenvalue weighted by atomic mass is 35.5. The van der Waals surface area contributed by atoms with Crippen LogP contribution < -0.4 is 5.32 Å². The Labute approximate surface area is 160 Å². The smallest absolute Gasteiger partial charge is 0.287 e. The van der Waals surface area contributed by atoms with Gasteiger partial charge in [-0.25, -0.2) is 9.37 Å². The molecule has 134 valence electrons. The van der Waals surface area contributed by atoms with Crippen molar-refractivity contribution in [3.63, 3.8) is 0 Å². The first kappa shape index (κ1) is 17.2. The van der Waals surface area contributed by atoms with Crippen molar-refractivity contribution in [1.82, 2.24) is 14.7 Å². The van der Waals surface area contributed by atoms with Gasteiger partial charge in [-0.15, -0.1) is 0 Å². The number of amides is 1. The van der Waals surface area contributed by atoms with Gasteiger partial charge in [-0.1, -0.05) is 41.9 Å². The predicted octanol–water partition coefficient (Wildman–Crippen LogP) is 4.72. The Balaban J connectivity index is 1.66. The van der Waals surface area contributed by atoms with Gasteiger partial charge in [-0.2, -0.15) is 0 Å². The van der Waals surface area contributed by atoms with Crippen LogP contribution in [0.15, 0.2) is 72.9 Å². The Morgan fingerprint density at radius 1 is 1.04 bits per heavy atom. The SMILES string of the molecule is O=C(NCc1ccc(F)cc1)c1nc(-c2ccc(Cl)cc2)c2ccccn12. The number of fused-ring (bicyclic) bond motifs is 1. The molecule has 0 aliphatic carbocycles. The van der Waals surface area contributed by atoms with Gasteiger partial charge in [0.15, 0.2) is 0 Å². The minimum Gasteiger partial charge on any atom is -0.345 e. The molecule has 1 amide bonds. The van der Waals surface area contributed by atoms with Gasteiger partial charge >= 0.3 is 0 Å². The van der Waals surface area contributed by atoms with E-state index in [1.807, 2.05) is 30.3 Å². The summed E-state index contributed by atoms with van der Waals surface area (Å²) in [6.07, 6.45) is 1.80. The van der Waals surface area contributed by atoms with Crippen LogP contribution in [0, 0.1) is 5.82 Å². The number of carbonyl (C=O) groups excluding carboxylic acids is 1. The monoisotopic (exact) mass is 379 g/mol. The van der Waals surface area contributed by atoms with Gasteiger partial charge < -0.3 is 5.32 Å². The summed E-state index contributed by atoms with van der Waals surface area (Å²) in [7, 11) is 0. The molecule has 4 aromatic rings. The zero-order valence-electron chi connectivity index (χ0n) is 14.2. The largest absolute Gasteiger partial charge is 0.345 e. The van der Waals surface area contributed by atoms with Crippen molar-refractivity contribution >= 4 is 23.0 Å². The fraction of sp³-hybridized carbons (Fsp3) is 0.0476. The average Bonchev–Trinajstić information content (AvgIpc) is 3.08. The highest BCUT2D eigenvalue weighted by Crippen LogP contribution is 2.26. The molecule has 0 aliphatic heterocycles. The molecule has 0 fully saturated rings. The minimum absolute atomic E-state index is 0.289. The van der Waals surface area contributed by atoms with Crippen LogP contribution in [0.5, 0.6) is 0 Å². The summed E-state index contributed by atoms with van der Waals surface area (Å²) >= 11 is 5.97. The first-order valence-corrected chi connectivity index (χ1v) is 8.75. The molecular weight excluding hydrogens is 365 g/mol. The van der Waals surface area contributed by atoms with Crippen molar-refractivity contribution in [2.45, 2.75) is 6.54 Å². The lowest BCUT2D eigenvalue weighted by Crippen LogP contribution is -2.25. The zero-order valence-corrected chi connectivity index (χ0v) is 14.9. The number of imidazole rings is 1. The summed E-state index contributed by atoms with van der Waals surface area (Å²) in [6.45, 7) is 0.289. The highest BCUT2D eigenvalue weighted by Gasteiger charge is 2.18. The Morgan fingerprint density at radius 3 is 2.52 bits per heavy atom. The highest BCUT2D eigenvalue weighted by molar-refractivity contribution is 6.30. The van der Waals surface area contributed by atoms with Crippen molar-refractivity contribution in [2.24, 2.45) is 0 Å². The first-order chi connectivity index (χ1) is 13.1. The van der Waals surface area contributed by atoms with Crippen LogP contribution in [0.1, 0.15) is 16.2 Å². The van der Waals surface area contributed by atoms with E-state index in [1.54, 1.807) is 34.9 Å². The van der Waals surface area contributed by atoms with E-state index in [2.05, 4.69) is 10.3 Å². The summed E-state index contributed by atoms with van der Waals surface area (Å²) in [5.41, 5.74) is 3.22. The normalized spacial score (nSPS) is 10.9. The van der Waals surface area contributed by atoms with E-state index in [-0.39, 0.29) is 24.1 Å². The number of aromatic nitrogens is 2. The van der Waals surface area contributed by atoms with Crippen LogP contribution in [-0.2, 0) is 6.54 Å². The van der Waals surface area contributed by atoms with Crippen LogP contribution in [0.3, 0.4) is 0 Å². The van der Waals surface area contributed by atoms with Crippen molar-refractivity contribution < 1.29 is 9.18 Å². The number of hydrogen-bond acceptors (Lipinski definition) is 2. The van der Waals surface area contributed by atoms with E-state index in [0.29, 0.717) is 10.7 Å². The topological polar surface area (TPSA) is 46.4 Å². The Hall–Kier alpha value is -3.18. The molecule has 6 heteroatoms. The van der Waals surface area contributed by atoms with E-state index in [9.17, 15) is 9.18 Å². The maximum Gasteiger partial charge on any atom is 0.287 e. The fourth-order valence-electron chi connectivity index (χ4n) is 2.88. The Bertz CT molecular complexity index is 1100. The van der Waals surface area contributed by atoms with Gasteiger partial charge in [0.1, 0.15) is 5.82 Å². The number of pyridine rings is 1. The molecule has 2 aromatic heterocycles. The van der Waals surface area contributed by atoms with E-state index in [1.165, 1.54) is 12.1 Å². The number of rotatable bonds is 4. The van der Waals surface area contributed by atoms with Crippen molar-refractivity contribution in [3.8, 4) is 11.3 Å². The quantitative estimate of drug-likeness (QED) is 0.557. The van der Waals surface area contributed by atoms with Gasteiger partial charge in [0.05, 0.1) is 11.2 Å². The molecule has 4 rings (SSSR count). The van der Waals surface area contributed by atoms with Crippen LogP contribution in [0.2, 0.25) is 5.02 Å². The van der Waals surface area contributed by atoms with Crippen molar-refractivity contribution in [2.75, 3.05) is 0 Å². The summed E-state index contributed by atoms with van der Waals surface area (Å²) < 4.78 is 14.8. The maximum atomic E-state index is 13.0. The maximum absolute atomic E-state index is 13.0. The van der Waals surface area contributed by atoms with Gasteiger partial charge in [-0.05, 0) is 42.0 Å². The average molecular weight is 380 g/mol. The molecule has 0 bridgehead atoms. The van der Waals surface area contributed by atoms with E-state index in [4.69, 9.17) is 11.6 Å². The second-order valence-electron chi connectivity index (χ2n) is 6.06. The van der Waals surface area contributed by atoms with Crippen LogP contribution in [0.4, 0.5) is 4.39 Å². The summed E-state index contributed by atoms with van der Waals surface area (Å²) in [4.78, 5) is 17.3. The number of nitrogens with zero attached hydrogens (tertiary/aromatic N) is 2. The molecule has 1 N–H and O–H groups in total. The summed E-state index contributed by atoms with van der Waals surface area (Å²) in [6, 6.07) is 19.0. The lowest BCUT2D eigenvalue weighted by molar-refractivity contribution is 0.0940. The second kappa shape index (κ2) is 7.21. The number of halogens is 2. The van der Waals surface area contributed by atoms with Crippen LogP contribution >= 0.6 is 11.6 Å². The summed E-state index contributed by atoms with van der Waals surface area (Å²) in [5.74, 6) is -0.324. The molecule has 2 aromatic carbocycles. The number of hydrogen-bond donors (Lipinski definition) is 1. The molecule has 0 spiro atoms. The van der Waals surface area contributed by atoms with Crippen molar-refractivity contribution in [3.05, 3.63) is 95.2 Å². The molecule has 0 atom stereocenters. The molecule has 0 unspecified atom stereocenters. The van der Waals surface area contributed by atoms with E-state index < -0.39 is 0 Å². The van der Waals surface area contributed by atoms with E-state index in [0.717, 1.165) is 16.6 Å². The molecule has 0 radical (unpaired) electrons. The minimum atomic E-state index is -0.308. The van der Waals surface area contributed by atoms with E-state index >= 15 is 0 Å². The van der Waals surface area contributed by atoms with Gasteiger partial charge in [0.2, 0.25) is 5.82 Å². The predicted molar refractivity (Wildman–Crippen MR) is 103 cm³/mol.